The van der Waals surface area contributed by atoms with Crippen molar-refractivity contribution in [2.75, 3.05) is 6.61 Å². The van der Waals surface area contributed by atoms with Crippen molar-refractivity contribution in [2.45, 2.75) is 128 Å². The fourth-order valence-corrected chi connectivity index (χ4v) is 19.9. The van der Waals surface area contributed by atoms with E-state index in [4.69, 9.17) is 4.43 Å². The molecular formula is C24H52O2SiSn. The van der Waals surface area contributed by atoms with Gasteiger partial charge in [-0.2, -0.15) is 0 Å². The molecule has 0 aliphatic heterocycles. The second kappa shape index (κ2) is 14.6. The Morgan fingerprint density at radius 1 is 0.893 bits per heavy atom. The average Bonchev–Trinajstić information content (AvgIpc) is 2.63. The van der Waals surface area contributed by atoms with Crippen LogP contribution in [0.5, 0.6) is 0 Å². The van der Waals surface area contributed by atoms with Crippen LogP contribution in [-0.2, 0) is 4.43 Å². The zero-order chi connectivity index (χ0) is 21.7. The molecule has 0 aromatic heterocycles. The van der Waals surface area contributed by atoms with E-state index in [0.29, 0.717) is 0 Å². The Bertz CT molecular complexity index is 394. The van der Waals surface area contributed by atoms with Crippen molar-refractivity contribution in [2.24, 2.45) is 0 Å². The molecule has 0 radical (unpaired) electrons. The first kappa shape index (κ1) is 28.7. The molecule has 4 heteroatoms. The van der Waals surface area contributed by atoms with Gasteiger partial charge in [0, 0.05) is 0 Å². The Kier molecular flexibility index (Phi) is 15.0. The van der Waals surface area contributed by atoms with Crippen molar-refractivity contribution in [3.05, 3.63) is 12.2 Å². The van der Waals surface area contributed by atoms with Crippen molar-refractivity contribution in [1.29, 1.82) is 0 Å². The fraction of sp³-hybridized carbons (Fsp3) is 0.917. The van der Waals surface area contributed by atoms with Gasteiger partial charge in [-0.05, 0) is 0 Å². The standard InChI is InChI=1S/C12H25O2Si.3C4H9.Sn/c1-12(2,3)15(4,5)14-11-9-7-6-8-10-13;3*1-3-4-2;/h6,8,10,13H,7,9,11H2,1-5H3;3*1,3-4H2,2H3;/b8-6+;;;;. The molecule has 0 aliphatic carbocycles. The third-order valence-electron chi connectivity index (χ3n) is 6.81. The fourth-order valence-electron chi connectivity index (χ4n) is 3.58. The Balaban J connectivity index is 4.74. The summed E-state index contributed by atoms with van der Waals surface area (Å²) in [6, 6.07) is 0. The van der Waals surface area contributed by atoms with E-state index < -0.39 is 26.7 Å². The number of unbranched alkanes of at least 4 members (excludes halogenated alkanes) is 4. The molecule has 0 saturated carbocycles. The van der Waals surface area contributed by atoms with Crippen LogP contribution in [0.3, 0.4) is 0 Å². The van der Waals surface area contributed by atoms with Crippen LogP contribution < -0.4 is 0 Å². The maximum atomic E-state index is 11.2. The van der Waals surface area contributed by atoms with Gasteiger partial charge in [-0.15, -0.1) is 0 Å². The summed E-state index contributed by atoms with van der Waals surface area (Å²) in [6.45, 7) is 19.3. The Labute approximate surface area is 182 Å². The maximum absolute atomic E-state index is 11.2. The van der Waals surface area contributed by atoms with Gasteiger partial charge < -0.3 is 0 Å². The van der Waals surface area contributed by atoms with Crippen LogP contribution in [-0.4, -0.2) is 42.5 Å². The number of rotatable bonds is 16. The summed E-state index contributed by atoms with van der Waals surface area (Å²) >= 11 is -2.52. The number of aliphatic hydroxyl groups excluding tert-OH is 1. The van der Waals surface area contributed by atoms with Crippen LogP contribution in [0.25, 0.3) is 0 Å². The van der Waals surface area contributed by atoms with E-state index in [1.165, 1.54) is 51.8 Å². The second-order valence-electron chi connectivity index (χ2n) is 10.3. The quantitative estimate of drug-likeness (QED) is 0.127. The zero-order valence-corrected chi connectivity index (χ0v) is 24.4. The number of allylic oxidation sites excluding steroid dienone is 1. The minimum absolute atomic E-state index is 0.0970. The van der Waals surface area contributed by atoms with Crippen LogP contribution in [0, 0.1) is 0 Å². The first-order valence-corrected chi connectivity index (χ1v) is 22.7. The molecule has 28 heavy (non-hydrogen) atoms. The predicted molar refractivity (Wildman–Crippen MR) is 132 cm³/mol. The molecule has 0 spiro atoms. The molecule has 0 amide bonds. The summed E-state index contributed by atoms with van der Waals surface area (Å²) in [5.74, 6) is 0. The first-order chi connectivity index (χ1) is 13.1. The monoisotopic (exact) mass is 520 g/mol. The van der Waals surface area contributed by atoms with Crippen LogP contribution in [0.15, 0.2) is 12.2 Å². The average molecular weight is 519 g/mol. The van der Waals surface area contributed by atoms with E-state index in [1.54, 1.807) is 0 Å². The van der Waals surface area contributed by atoms with Gasteiger partial charge in [0.05, 0.1) is 0 Å². The Morgan fingerprint density at radius 3 is 1.75 bits per heavy atom. The summed E-state index contributed by atoms with van der Waals surface area (Å²) < 4.78 is 10.3. The van der Waals surface area contributed by atoms with Gasteiger partial charge in [-0.25, -0.2) is 0 Å². The molecular weight excluding hydrogens is 467 g/mol. The molecule has 0 rings (SSSR count). The van der Waals surface area contributed by atoms with Crippen molar-refractivity contribution < 1.29 is 9.53 Å². The molecule has 0 aromatic carbocycles. The van der Waals surface area contributed by atoms with Gasteiger partial charge >= 0.3 is 183 Å². The SMILES string of the molecule is CCC[CH2][Sn]([CH2]CCC)([CH2]CCC)[CH](O)/C=C/CCCO[Si](C)(C)C(C)(C)C. The number of hydrogen-bond donors (Lipinski definition) is 1. The van der Waals surface area contributed by atoms with Gasteiger partial charge in [-0.3, -0.25) is 0 Å². The van der Waals surface area contributed by atoms with E-state index in [2.05, 4.69) is 66.8 Å². The Morgan fingerprint density at radius 2 is 1.36 bits per heavy atom. The number of aliphatic hydroxyl groups is 1. The first-order valence-electron chi connectivity index (χ1n) is 12.0. The predicted octanol–water partition coefficient (Wildman–Crippen LogP) is 8.09. The molecule has 2 nitrogen and oxygen atoms in total. The molecule has 0 heterocycles. The molecule has 0 saturated heterocycles. The second-order valence-corrected chi connectivity index (χ2v) is 28.9. The van der Waals surface area contributed by atoms with Gasteiger partial charge in [0.2, 0.25) is 0 Å². The van der Waals surface area contributed by atoms with Crippen molar-refractivity contribution in [3.8, 4) is 0 Å². The van der Waals surface area contributed by atoms with Gasteiger partial charge in [0.1, 0.15) is 0 Å². The zero-order valence-electron chi connectivity index (χ0n) is 20.6. The van der Waals surface area contributed by atoms with Crippen molar-refractivity contribution >= 4 is 26.7 Å². The summed E-state index contributed by atoms with van der Waals surface area (Å²) in [7, 11) is -1.62. The van der Waals surface area contributed by atoms with Gasteiger partial charge in [0.15, 0.2) is 0 Å². The van der Waals surface area contributed by atoms with E-state index in [1.807, 2.05) is 0 Å². The molecule has 0 fully saturated rings. The summed E-state index contributed by atoms with van der Waals surface area (Å²) in [5, 5.41) is 11.5. The molecule has 1 unspecified atom stereocenters. The molecule has 168 valence electrons. The third-order valence-corrected chi connectivity index (χ3v) is 27.0. The van der Waals surface area contributed by atoms with Gasteiger partial charge in [0.25, 0.3) is 0 Å². The van der Waals surface area contributed by atoms with Gasteiger partial charge in [-0.1, -0.05) is 0 Å². The van der Waals surface area contributed by atoms with Crippen molar-refractivity contribution in [1.82, 2.24) is 0 Å². The van der Waals surface area contributed by atoms with Crippen molar-refractivity contribution in [3.63, 3.8) is 0 Å². The molecule has 1 N–H and O–H groups in total. The van der Waals surface area contributed by atoms with E-state index in [9.17, 15) is 5.11 Å². The normalized spacial score (nSPS) is 14.8. The molecule has 0 bridgehead atoms. The van der Waals surface area contributed by atoms with E-state index >= 15 is 0 Å². The van der Waals surface area contributed by atoms with E-state index in [0.717, 1.165) is 19.4 Å². The topological polar surface area (TPSA) is 29.5 Å². The van der Waals surface area contributed by atoms with Crippen LogP contribution >= 0.6 is 0 Å². The summed E-state index contributed by atoms with van der Waals surface area (Å²) in [5.41, 5.74) is 0. The summed E-state index contributed by atoms with van der Waals surface area (Å²) in [6.07, 6.45) is 14.3. The third kappa shape index (κ3) is 10.6. The van der Waals surface area contributed by atoms with E-state index in [-0.39, 0.29) is 9.16 Å². The molecule has 0 aliphatic rings. The number of hydrogen-bond acceptors (Lipinski definition) is 2. The minimum atomic E-state index is -2.52. The Hall–Kier alpha value is 0.676. The molecule has 1 atom stereocenters. The van der Waals surface area contributed by atoms with Crippen LogP contribution in [0.1, 0.15) is 92.9 Å². The molecule has 0 aromatic rings. The van der Waals surface area contributed by atoms with Crippen LogP contribution in [0.2, 0.25) is 31.4 Å². The van der Waals surface area contributed by atoms with Crippen LogP contribution in [0.4, 0.5) is 0 Å². The summed E-state index contributed by atoms with van der Waals surface area (Å²) in [4.78, 5) is 0.